The fourth-order valence-corrected chi connectivity index (χ4v) is 1.93. The summed E-state index contributed by atoms with van der Waals surface area (Å²) in [5.41, 5.74) is 2.68. The Morgan fingerprint density at radius 2 is 2.17 bits per heavy atom. The van der Waals surface area contributed by atoms with E-state index in [2.05, 4.69) is 4.98 Å². The maximum absolute atomic E-state index is 13.2. The van der Waals surface area contributed by atoms with Gasteiger partial charge in [0.1, 0.15) is 5.82 Å². The van der Waals surface area contributed by atoms with Gasteiger partial charge in [0.2, 0.25) is 0 Å². The van der Waals surface area contributed by atoms with E-state index in [1.165, 1.54) is 12.1 Å². The Morgan fingerprint density at radius 1 is 1.39 bits per heavy atom. The van der Waals surface area contributed by atoms with E-state index < -0.39 is 5.97 Å². The monoisotopic (exact) mass is 245 g/mol. The highest BCUT2D eigenvalue weighted by molar-refractivity contribution is 5.76. The zero-order chi connectivity index (χ0) is 13.1. The van der Waals surface area contributed by atoms with Crippen molar-refractivity contribution in [2.75, 3.05) is 0 Å². The number of rotatable bonds is 3. The Bertz CT molecular complexity index is 596. The molecule has 0 radical (unpaired) electrons. The van der Waals surface area contributed by atoms with Crippen LogP contribution in [0.2, 0.25) is 0 Å². The molecule has 0 aliphatic rings. The summed E-state index contributed by atoms with van der Waals surface area (Å²) in [6, 6.07) is 7.87. The highest BCUT2D eigenvalue weighted by Gasteiger charge is 2.12. The molecule has 0 saturated carbocycles. The van der Waals surface area contributed by atoms with Crippen molar-refractivity contribution in [1.82, 2.24) is 4.98 Å². The second kappa shape index (κ2) is 4.96. The van der Waals surface area contributed by atoms with Crippen molar-refractivity contribution in [1.29, 1.82) is 0 Å². The Kier molecular flexibility index (Phi) is 3.37. The van der Waals surface area contributed by atoms with Gasteiger partial charge in [-0.1, -0.05) is 12.1 Å². The van der Waals surface area contributed by atoms with E-state index in [1.807, 2.05) is 6.92 Å². The summed E-state index contributed by atoms with van der Waals surface area (Å²) in [7, 11) is 0. The van der Waals surface area contributed by atoms with Crippen molar-refractivity contribution in [3.05, 3.63) is 53.6 Å². The fourth-order valence-electron chi connectivity index (χ4n) is 1.93. The Hall–Kier alpha value is -2.23. The molecule has 0 bridgehead atoms. The predicted octanol–water partition coefficient (Wildman–Crippen LogP) is 2.82. The molecule has 0 fully saturated rings. The molecule has 4 heteroatoms. The molecule has 18 heavy (non-hydrogen) atoms. The van der Waals surface area contributed by atoms with Crippen LogP contribution in [-0.2, 0) is 11.2 Å². The molecule has 0 aliphatic carbocycles. The first-order valence-corrected chi connectivity index (χ1v) is 5.50. The summed E-state index contributed by atoms with van der Waals surface area (Å²) in [4.78, 5) is 14.9. The van der Waals surface area contributed by atoms with Gasteiger partial charge in [-0.2, -0.15) is 0 Å². The molecule has 3 nitrogen and oxygen atoms in total. The Labute approximate surface area is 104 Å². The second-order valence-electron chi connectivity index (χ2n) is 4.03. The van der Waals surface area contributed by atoms with Gasteiger partial charge in [-0.25, -0.2) is 4.39 Å². The molecular formula is C14H12FNO2. The van der Waals surface area contributed by atoms with Gasteiger partial charge in [-0.15, -0.1) is 0 Å². The van der Waals surface area contributed by atoms with Crippen molar-refractivity contribution < 1.29 is 14.3 Å². The maximum atomic E-state index is 13.2. The zero-order valence-corrected chi connectivity index (χ0v) is 9.85. The average molecular weight is 245 g/mol. The summed E-state index contributed by atoms with van der Waals surface area (Å²) in [5, 5.41) is 8.87. The number of aliphatic carboxylic acids is 1. The average Bonchev–Trinajstić information content (AvgIpc) is 2.28. The number of hydrogen-bond donors (Lipinski definition) is 1. The Morgan fingerprint density at radius 3 is 2.83 bits per heavy atom. The van der Waals surface area contributed by atoms with Crippen LogP contribution in [0.1, 0.15) is 11.3 Å². The summed E-state index contributed by atoms with van der Waals surface area (Å²) < 4.78 is 13.2. The van der Waals surface area contributed by atoms with Crippen LogP contribution >= 0.6 is 0 Å². The van der Waals surface area contributed by atoms with Gasteiger partial charge in [-0.05, 0) is 36.2 Å². The summed E-state index contributed by atoms with van der Waals surface area (Å²) in [6.45, 7) is 1.85. The molecule has 0 aliphatic heterocycles. The topological polar surface area (TPSA) is 50.2 Å². The Balaban J connectivity index is 2.58. The molecule has 1 aromatic heterocycles. The van der Waals surface area contributed by atoms with Crippen LogP contribution in [0, 0.1) is 12.7 Å². The third-order valence-electron chi connectivity index (χ3n) is 2.67. The lowest BCUT2D eigenvalue weighted by atomic mass is 9.98. The number of carbonyl (C=O) groups is 1. The SMILES string of the molecule is Cc1ccnc(CC(=O)O)c1-c1cccc(F)c1. The normalized spacial score (nSPS) is 10.3. The smallest absolute Gasteiger partial charge is 0.309 e. The number of hydrogen-bond acceptors (Lipinski definition) is 2. The van der Waals surface area contributed by atoms with E-state index in [-0.39, 0.29) is 12.2 Å². The van der Waals surface area contributed by atoms with Gasteiger partial charge in [0.15, 0.2) is 0 Å². The lowest BCUT2D eigenvalue weighted by molar-refractivity contribution is -0.136. The van der Waals surface area contributed by atoms with E-state index in [1.54, 1.807) is 24.4 Å². The third kappa shape index (κ3) is 2.53. The molecule has 2 aromatic rings. The quantitative estimate of drug-likeness (QED) is 0.904. The van der Waals surface area contributed by atoms with Crippen molar-refractivity contribution in [2.45, 2.75) is 13.3 Å². The molecule has 1 heterocycles. The molecule has 2 rings (SSSR count). The van der Waals surface area contributed by atoms with Gasteiger partial charge in [-0.3, -0.25) is 9.78 Å². The number of nitrogens with zero attached hydrogens (tertiary/aromatic N) is 1. The van der Waals surface area contributed by atoms with E-state index in [0.29, 0.717) is 16.8 Å². The van der Waals surface area contributed by atoms with Crippen LogP contribution in [-0.4, -0.2) is 16.1 Å². The standard InChI is InChI=1S/C14H12FNO2/c1-9-5-6-16-12(8-13(17)18)14(9)10-3-2-4-11(15)7-10/h2-7H,8H2,1H3,(H,17,18). The van der Waals surface area contributed by atoms with Crippen LogP contribution in [0.25, 0.3) is 11.1 Å². The summed E-state index contributed by atoms with van der Waals surface area (Å²) in [6.07, 6.45) is 1.39. The molecule has 1 N–H and O–H groups in total. The third-order valence-corrected chi connectivity index (χ3v) is 2.67. The number of benzene rings is 1. The van der Waals surface area contributed by atoms with E-state index >= 15 is 0 Å². The molecule has 1 aromatic carbocycles. The number of pyridine rings is 1. The number of carboxylic acids is 1. The molecule has 0 saturated heterocycles. The number of aromatic nitrogens is 1. The van der Waals surface area contributed by atoms with Gasteiger partial charge in [0, 0.05) is 11.8 Å². The van der Waals surface area contributed by atoms with E-state index in [4.69, 9.17) is 5.11 Å². The second-order valence-corrected chi connectivity index (χ2v) is 4.03. The zero-order valence-electron chi connectivity index (χ0n) is 9.85. The van der Waals surface area contributed by atoms with Crippen LogP contribution in [0.5, 0.6) is 0 Å². The van der Waals surface area contributed by atoms with Gasteiger partial charge in [0.25, 0.3) is 0 Å². The maximum Gasteiger partial charge on any atom is 0.309 e. The van der Waals surface area contributed by atoms with E-state index in [0.717, 1.165) is 5.56 Å². The van der Waals surface area contributed by atoms with Crippen molar-refractivity contribution in [3.8, 4) is 11.1 Å². The molecule has 0 amide bonds. The molecule has 0 atom stereocenters. The van der Waals surface area contributed by atoms with Crippen molar-refractivity contribution in [2.24, 2.45) is 0 Å². The lowest BCUT2D eigenvalue weighted by Crippen LogP contribution is -2.05. The van der Waals surface area contributed by atoms with Gasteiger partial charge < -0.3 is 5.11 Å². The minimum absolute atomic E-state index is 0.173. The number of aryl methyl sites for hydroxylation is 1. The summed E-state index contributed by atoms with van der Waals surface area (Å²) in [5.74, 6) is -1.30. The predicted molar refractivity (Wildman–Crippen MR) is 65.7 cm³/mol. The first kappa shape index (κ1) is 12.2. The van der Waals surface area contributed by atoms with E-state index in [9.17, 15) is 9.18 Å². The molecular weight excluding hydrogens is 233 g/mol. The minimum atomic E-state index is -0.953. The van der Waals surface area contributed by atoms with Crippen molar-refractivity contribution in [3.63, 3.8) is 0 Å². The summed E-state index contributed by atoms with van der Waals surface area (Å²) >= 11 is 0. The first-order chi connectivity index (χ1) is 8.58. The molecule has 0 spiro atoms. The first-order valence-electron chi connectivity index (χ1n) is 5.50. The van der Waals surface area contributed by atoms with Crippen LogP contribution < -0.4 is 0 Å². The van der Waals surface area contributed by atoms with Crippen LogP contribution in [0.15, 0.2) is 36.5 Å². The molecule has 92 valence electrons. The van der Waals surface area contributed by atoms with Gasteiger partial charge in [0.05, 0.1) is 12.1 Å². The minimum Gasteiger partial charge on any atom is -0.481 e. The van der Waals surface area contributed by atoms with Crippen LogP contribution in [0.3, 0.4) is 0 Å². The highest BCUT2D eigenvalue weighted by Crippen LogP contribution is 2.26. The highest BCUT2D eigenvalue weighted by atomic mass is 19.1. The molecule has 0 unspecified atom stereocenters. The number of halogens is 1. The van der Waals surface area contributed by atoms with Gasteiger partial charge >= 0.3 is 5.97 Å². The van der Waals surface area contributed by atoms with Crippen molar-refractivity contribution >= 4 is 5.97 Å². The lowest BCUT2D eigenvalue weighted by Gasteiger charge is -2.10. The van der Waals surface area contributed by atoms with Crippen LogP contribution in [0.4, 0.5) is 4.39 Å². The largest absolute Gasteiger partial charge is 0.481 e. The fraction of sp³-hybridized carbons (Fsp3) is 0.143. The number of carboxylic acid groups (broad SMARTS) is 1.